The number of carbonyl (C=O) groups is 1. The van der Waals surface area contributed by atoms with Crippen LogP contribution in [0.5, 0.6) is 0 Å². The van der Waals surface area contributed by atoms with Crippen molar-refractivity contribution in [3.8, 4) is 0 Å². The molecule has 1 aliphatic rings. The van der Waals surface area contributed by atoms with Gasteiger partial charge in [0.25, 0.3) is 0 Å². The molecule has 1 N–H and O–H groups in total. The zero-order chi connectivity index (χ0) is 16.1. The number of hydrogen-bond donors (Lipinski definition) is 1. The number of hydrogen-bond acceptors (Lipinski definition) is 3. The lowest BCUT2D eigenvalue weighted by Crippen LogP contribution is -2.18. The van der Waals surface area contributed by atoms with E-state index >= 15 is 0 Å². The van der Waals surface area contributed by atoms with E-state index < -0.39 is 0 Å². The lowest BCUT2D eigenvalue weighted by atomic mass is 10.1. The van der Waals surface area contributed by atoms with Crippen molar-refractivity contribution in [3.63, 3.8) is 0 Å². The lowest BCUT2D eigenvalue weighted by molar-refractivity contribution is -0.111. The van der Waals surface area contributed by atoms with E-state index in [1.165, 1.54) is 18.4 Å². The molecule has 1 aromatic heterocycles. The Morgan fingerprint density at radius 3 is 2.52 bits per heavy atom. The van der Waals surface area contributed by atoms with Gasteiger partial charge in [-0.25, -0.2) is 4.98 Å². The molecular weight excluding hydrogens is 286 g/mol. The minimum Gasteiger partial charge on any atom is -0.357 e. The average molecular weight is 307 g/mol. The van der Waals surface area contributed by atoms with Gasteiger partial charge in [0.15, 0.2) is 0 Å². The first-order chi connectivity index (χ1) is 11.2. The predicted molar refractivity (Wildman–Crippen MR) is 94.5 cm³/mol. The molecule has 0 bridgehead atoms. The highest BCUT2D eigenvalue weighted by Crippen LogP contribution is 2.19. The molecule has 2 aromatic rings. The number of aromatic nitrogens is 1. The van der Waals surface area contributed by atoms with Gasteiger partial charge in [-0.1, -0.05) is 29.8 Å². The van der Waals surface area contributed by atoms with Gasteiger partial charge >= 0.3 is 0 Å². The summed E-state index contributed by atoms with van der Waals surface area (Å²) in [7, 11) is 0. The fourth-order valence-corrected chi connectivity index (χ4v) is 2.63. The van der Waals surface area contributed by atoms with Gasteiger partial charge in [-0.05, 0) is 43.5 Å². The maximum absolute atomic E-state index is 12.0. The van der Waals surface area contributed by atoms with E-state index in [0.717, 1.165) is 24.5 Å². The smallest absolute Gasteiger partial charge is 0.248 e. The van der Waals surface area contributed by atoms with Crippen LogP contribution in [0.2, 0.25) is 0 Å². The van der Waals surface area contributed by atoms with Crippen LogP contribution in [-0.2, 0) is 4.79 Å². The molecule has 1 aliphatic heterocycles. The summed E-state index contributed by atoms with van der Waals surface area (Å²) >= 11 is 0. The van der Waals surface area contributed by atoms with Crippen molar-refractivity contribution in [1.82, 2.24) is 4.98 Å². The van der Waals surface area contributed by atoms with Crippen molar-refractivity contribution < 1.29 is 4.79 Å². The zero-order valence-corrected chi connectivity index (χ0v) is 13.3. The van der Waals surface area contributed by atoms with Crippen LogP contribution >= 0.6 is 0 Å². The summed E-state index contributed by atoms with van der Waals surface area (Å²) in [5.74, 6) is 0.831. The highest BCUT2D eigenvalue weighted by Gasteiger charge is 2.13. The van der Waals surface area contributed by atoms with Gasteiger partial charge in [0.2, 0.25) is 5.91 Å². The molecule has 4 nitrogen and oxygen atoms in total. The second kappa shape index (κ2) is 7.09. The van der Waals surface area contributed by atoms with Crippen molar-refractivity contribution in [1.29, 1.82) is 0 Å². The van der Waals surface area contributed by atoms with Gasteiger partial charge in [0.1, 0.15) is 5.82 Å². The van der Waals surface area contributed by atoms with E-state index in [1.807, 2.05) is 43.3 Å². The first-order valence-electron chi connectivity index (χ1n) is 7.97. The summed E-state index contributed by atoms with van der Waals surface area (Å²) in [4.78, 5) is 18.7. The largest absolute Gasteiger partial charge is 0.357 e. The van der Waals surface area contributed by atoms with Crippen molar-refractivity contribution in [2.24, 2.45) is 0 Å². The Morgan fingerprint density at radius 2 is 1.87 bits per heavy atom. The number of rotatable bonds is 4. The number of benzene rings is 1. The molecule has 0 saturated carbocycles. The van der Waals surface area contributed by atoms with Crippen LogP contribution in [0.3, 0.4) is 0 Å². The predicted octanol–water partition coefficient (Wildman–Crippen LogP) is 3.64. The van der Waals surface area contributed by atoms with Gasteiger partial charge in [-0.3, -0.25) is 4.79 Å². The topological polar surface area (TPSA) is 45.2 Å². The third kappa shape index (κ3) is 4.19. The molecule has 4 heteroatoms. The Hall–Kier alpha value is -2.62. The summed E-state index contributed by atoms with van der Waals surface area (Å²) in [5.41, 5.74) is 2.93. The van der Waals surface area contributed by atoms with Crippen LogP contribution < -0.4 is 10.2 Å². The molecule has 0 unspecified atom stereocenters. The summed E-state index contributed by atoms with van der Waals surface area (Å²) in [6.07, 6.45) is 7.51. The van der Waals surface area contributed by atoms with E-state index in [0.29, 0.717) is 5.69 Å². The van der Waals surface area contributed by atoms with Crippen LogP contribution in [-0.4, -0.2) is 24.0 Å². The Balaban J connectivity index is 1.57. The molecule has 3 rings (SSSR count). The second-order valence-corrected chi connectivity index (χ2v) is 5.83. The highest BCUT2D eigenvalue weighted by atomic mass is 16.1. The van der Waals surface area contributed by atoms with Crippen LogP contribution in [0.15, 0.2) is 48.7 Å². The second-order valence-electron chi connectivity index (χ2n) is 5.83. The van der Waals surface area contributed by atoms with E-state index in [9.17, 15) is 4.79 Å². The first-order valence-corrected chi connectivity index (χ1v) is 7.97. The molecule has 0 atom stereocenters. The summed E-state index contributed by atoms with van der Waals surface area (Å²) in [5, 5.41) is 2.83. The van der Waals surface area contributed by atoms with E-state index in [1.54, 1.807) is 18.3 Å². The fourth-order valence-electron chi connectivity index (χ4n) is 2.63. The molecule has 118 valence electrons. The number of pyridine rings is 1. The van der Waals surface area contributed by atoms with Gasteiger partial charge in [-0.15, -0.1) is 0 Å². The highest BCUT2D eigenvalue weighted by molar-refractivity contribution is 6.01. The summed E-state index contributed by atoms with van der Waals surface area (Å²) < 4.78 is 0. The SMILES string of the molecule is Cc1ccc(/C=C/C(=O)Nc2ccc(N3CCCC3)nc2)cc1. The van der Waals surface area contributed by atoms with Gasteiger partial charge in [-0.2, -0.15) is 0 Å². The molecule has 0 radical (unpaired) electrons. The van der Waals surface area contributed by atoms with Gasteiger partial charge in [0, 0.05) is 19.2 Å². The quantitative estimate of drug-likeness (QED) is 0.877. The molecule has 23 heavy (non-hydrogen) atoms. The number of nitrogens with zero attached hydrogens (tertiary/aromatic N) is 2. The molecule has 1 saturated heterocycles. The number of amides is 1. The van der Waals surface area contributed by atoms with E-state index in [4.69, 9.17) is 0 Å². The lowest BCUT2D eigenvalue weighted by Gasteiger charge is -2.16. The number of aryl methyl sites for hydroxylation is 1. The van der Waals surface area contributed by atoms with Crippen LogP contribution in [0, 0.1) is 6.92 Å². The van der Waals surface area contributed by atoms with Crippen LogP contribution in [0.1, 0.15) is 24.0 Å². The van der Waals surface area contributed by atoms with Crippen molar-refractivity contribution in [2.45, 2.75) is 19.8 Å². The van der Waals surface area contributed by atoms with Gasteiger partial charge in [0.05, 0.1) is 11.9 Å². The standard InChI is InChI=1S/C19H21N3O/c1-15-4-6-16(7-5-15)8-11-19(23)21-17-9-10-18(20-14-17)22-12-2-3-13-22/h4-11,14H,2-3,12-13H2,1H3,(H,21,23)/b11-8+. The number of nitrogens with one attached hydrogen (secondary N) is 1. The van der Waals surface area contributed by atoms with E-state index in [2.05, 4.69) is 15.2 Å². The summed E-state index contributed by atoms with van der Waals surface area (Å²) in [6.45, 7) is 4.18. The number of carbonyl (C=O) groups excluding carboxylic acids is 1. The fraction of sp³-hybridized carbons (Fsp3) is 0.263. The maximum Gasteiger partial charge on any atom is 0.248 e. The average Bonchev–Trinajstić information content (AvgIpc) is 3.09. The van der Waals surface area contributed by atoms with Crippen molar-refractivity contribution in [3.05, 3.63) is 59.8 Å². The molecule has 1 fully saturated rings. The molecule has 0 aliphatic carbocycles. The van der Waals surface area contributed by atoms with Crippen LogP contribution in [0.25, 0.3) is 6.08 Å². The van der Waals surface area contributed by atoms with Crippen molar-refractivity contribution >= 4 is 23.5 Å². The monoisotopic (exact) mass is 307 g/mol. The third-order valence-electron chi connectivity index (χ3n) is 3.95. The van der Waals surface area contributed by atoms with E-state index in [-0.39, 0.29) is 5.91 Å². The molecule has 1 aromatic carbocycles. The zero-order valence-electron chi connectivity index (χ0n) is 13.3. The summed E-state index contributed by atoms with van der Waals surface area (Å²) in [6, 6.07) is 11.9. The first kappa shape index (κ1) is 15.3. The Labute approximate surface area is 136 Å². The Bertz CT molecular complexity index is 684. The normalized spacial score (nSPS) is 14.4. The molecule has 0 spiro atoms. The third-order valence-corrected chi connectivity index (χ3v) is 3.95. The Kier molecular flexibility index (Phi) is 4.71. The van der Waals surface area contributed by atoms with Crippen molar-refractivity contribution in [2.75, 3.05) is 23.3 Å². The minimum atomic E-state index is -0.152. The molecular formula is C19H21N3O. The van der Waals surface area contributed by atoms with Crippen LogP contribution in [0.4, 0.5) is 11.5 Å². The molecule has 2 heterocycles. The minimum absolute atomic E-state index is 0.152. The maximum atomic E-state index is 12.0. The molecule has 1 amide bonds. The van der Waals surface area contributed by atoms with Gasteiger partial charge < -0.3 is 10.2 Å². The Morgan fingerprint density at radius 1 is 1.13 bits per heavy atom. The number of anilines is 2.